The van der Waals surface area contributed by atoms with E-state index in [-0.39, 0.29) is 5.82 Å². The van der Waals surface area contributed by atoms with Crippen molar-refractivity contribution in [2.45, 2.75) is 26.4 Å². The van der Waals surface area contributed by atoms with Crippen molar-refractivity contribution in [1.82, 2.24) is 9.91 Å². The maximum Gasteiger partial charge on any atom is 0.125 e. The molecule has 4 nitrogen and oxygen atoms in total. The fraction of sp³-hybridized carbons (Fsp3) is 0.333. The minimum absolute atomic E-state index is 0.210. The van der Waals surface area contributed by atoms with Crippen molar-refractivity contribution in [3.63, 3.8) is 0 Å². The molecule has 0 unspecified atom stereocenters. The molecular formula is C24H26ClFN4S. The van der Waals surface area contributed by atoms with Gasteiger partial charge in [-0.3, -0.25) is 9.91 Å². The highest BCUT2D eigenvalue weighted by molar-refractivity contribution is 7.16. The van der Waals surface area contributed by atoms with E-state index in [0.717, 1.165) is 62.1 Å². The summed E-state index contributed by atoms with van der Waals surface area (Å²) < 4.78 is 14.0. The molecule has 2 aliphatic heterocycles. The molecule has 2 aliphatic rings. The standard InChI is InChI=1S/C24H26ClFN4S/c1-2-21-13-18-15-27-22-14-20(26)7-8-23(22)30(24(18)31-21)29-11-9-28(10-12-29)16-17-3-5-19(25)6-4-17/h3-8,13-14,27H,2,9-12,15-16H2,1H3. The second-order valence-electron chi connectivity index (χ2n) is 8.08. The first-order chi connectivity index (χ1) is 15.1. The van der Waals surface area contributed by atoms with E-state index in [1.165, 1.54) is 21.0 Å². The van der Waals surface area contributed by atoms with E-state index < -0.39 is 0 Å². The molecule has 1 N–H and O–H groups in total. The Labute approximate surface area is 191 Å². The number of nitrogens with one attached hydrogen (secondary N) is 1. The number of hydrogen-bond acceptors (Lipinski definition) is 5. The van der Waals surface area contributed by atoms with Gasteiger partial charge < -0.3 is 5.32 Å². The Kier molecular flexibility index (Phi) is 5.89. The van der Waals surface area contributed by atoms with E-state index in [0.29, 0.717) is 0 Å². The third-order valence-corrected chi connectivity index (χ3v) is 7.53. The number of halogens is 2. The molecule has 5 rings (SSSR count). The average molecular weight is 457 g/mol. The van der Waals surface area contributed by atoms with Crippen LogP contribution in [-0.4, -0.2) is 36.1 Å². The highest BCUT2D eigenvalue weighted by Crippen LogP contribution is 2.44. The largest absolute Gasteiger partial charge is 0.379 e. The molecule has 0 radical (unpaired) electrons. The number of hydrazine groups is 1. The molecule has 162 valence electrons. The molecule has 0 aliphatic carbocycles. The van der Waals surface area contributed by atoms with Crippen LogP contribution in [0.2, 0.25) is 5.02 Å². The van der Waals surface area contributed by atoms with Gasteiger partial charge in [-0.05, 0) is 48.4 Å². The van der Waals surface area contributed by atoms with Gasteiger partial charge in [0.1, 0.15) is 10.8 Å². The van der Waals surface area contributed by atoms with E-state index >= 15 is 0 Å². The van der Waals surface area contributed by atoms with E-state index in [4.69, 9.17) is 11.6 Å². The van der Waals surface area contributed by atoms with Crippen molar-refractivity contribution < 1.29 is 4.39 Å². The lowest BCUT2D eigenvalue weighted by Gasteiger charge is -2.42. The second-order valence-corrected chi connectivity index (χ2v) is 9.63. The number of anilines is 3. The van der Waals surface area contributed by atoms with Crippen molar-refractivity contribution in [3.8, 4) is 0 Å². The Morgan fingerprint density at radius 1 is 1.03 bits per heavy atom. The second kappa shape index (κ2) is 8.79. The minimum Gasteiger partial charge on any atom is -0.379 e. The van der Waals surface area contributed by atoms with Gasteiger partial charge in [-0.15, -0.1) is 11.3 Å². The fourth-order valence-corrected chi connectivity index (χ4v) is 5.60. The number of piperazine rings is 1. The lowest BCUT2D eigenvalue weighted by molar-refractivity contribution is 0.128. The molecule has 0 saturated carbocycles. The van der Waals surface area contributed by atoms with Crippen LogP contribution in [0.3, 0.4) is 0 Å². The summed E-state index contributed by atoms with van der Waals surface area (Å²) in [5.41, 5.74) is 4.44. The van der Waals surface area contributed by atoms with E-state index in [9.17, 15) is 4.39 Å². The molecule has 0 spiro atoms. The summed E-state index contributed by atoms with van der Waals surface area (Å²) in [7, 11) is 0. The van der Waals surface area contributed by atoms with Crippen molar-refractivity contribution in [3.05, 3.63) is 75.4 Å². The van der Waals surface area contributed by atoms with Crippen LogP contribution >= 0.6 is 22.9 Å². The molecule has 0 amide bonds. The zero-order valence-corrected chi connectivity index (χ0v) is 19.1. The topological polar surface area (TPSA) is 21.8 Å². The molecular weight excluding hydrogens is 431 g/mol. The Hall–Kier alpha value is -2.12. The van der Waals surface area contributed by atoms with Gasteiger partial charge in [0.2, 0.25) is 0 Å². The lowest BCUT2D eigenvalue weighted by atomic mass is 10.2. The summed E-state index contributed by atoms with van der Waals surface area (Å²) in [6.45, 7) is 7.64. The van der Waals surface area contributed by atoms with Crippen molar-refractivity contribution in [1.29, 1.82) is 0 Å². The number of thiophene rings is 1. The average Bonchev–Trinajstić information content (AvgIpc) is 3.13. The Morgan fingerprint density at radius 3 is 2.55 bits per heavy atom. The van der Waals surface area contributed by atoms with E-state index in [1.807, 2.05) is 29.5 Å². The fourth-order valence-electron chi connectivity index (χ4n) is 4.31. The molecule has 1 aromatic heterocycles. The number of fused-ring (bicyclic) bond motifs is 2. The summed E-state index contributed by atoms with van der Waals surface area (Å²) in [6, 6.07) is 15.5. The van der Waals surface area contributed by atoms with Gasteiger partial charge in [0.25, 0.3) is 0 Å². The van der Waals surface area contributed by atoms with E-state index in [1.54, 1.807) is 12.1 Å². The third-order valence-electron chi connectivity index (χ3n) is 5.99. The van der Waals surface area contributed by atoms with Gasteiger partial charge >= 0.3 is 0 Å². The third kappa shape index (κ3) is 4.30. The summed E-state index contributed by atoms with van der Waals surface area (Å²) in [5.74, 6) is -0.210. The Morgan fingerprint density at radius 2 is 1.81 bits per heavy atom. The van der Waals surface area contributed by atoms with Crippen LogP contribution in [0.5, 0.6) is 0 Å². The highest BCUT2D eigenvalue weighted by atomic mass is 35.5. The molecule has 0 atom stereocenters. The van der Waals surface area contributed by atoms with Crippen molar-refractivity contribution in [2.24, 2.45) is 0 Å². The summed E-state index contributed by atoms with van der Waals surface area (Å²) in [4.78, 5) is 3.86. The monoisotopic (exact) mass is 456 g/mol. The molecule has 1 saturated heterocycles. The van der Waals surface area contributed by atoms with Gasteiger partial charge in [-0.2, -0.15) is 0 Å². The lowest BCUT2D eigenvalue weighted by Crippen LogP contribution is -2.52. The first kappa shape index (κ1) is 20.8. The van der Waals surface area contributed by atoms with Gasteiger partial charge in [0, 0.05) is 54.7 Å². The first-order valence-corrected chi connectivity index (χ1v) is 12.0. The van der Waals surface area contributed by atoms with Crippen LogP contribution in [0, 0.1) is 5.82 Å². The highest BCUT2D eigenvalue weighted by Gasteiger charge is 2.30. The zero-order chi connectivity index (χ0) is 21.4. The first-order valence-electron chi connectivity index (χ1n) is 10.8. The number of benzene rings is 2. The number of aryl methyl sites for hydroxylation is 1. The van der Waals surface area contributed by atoms with Crippen LogP contribution in [0.15, 0.2) is 48.5 Å². The molecule has 31 heavy (non-hydrogen) atoms. The zero-order valence-electron chi connectivity index (χ0n) is 17.6. The number of hydrogen-bond donors (Lipinski definition) is 1. The molecule has 0 bridgehead atoms. The van der Waals surface area contributed by atoms with Crippen LogP contribution < -0.4 is 10.3 Å². The van der Waals surface area contributed by atoms with Crippen LogP contribution in [0.1, 0.15) is 22.9 Å². The predicted molar refractivity (Wildman–Crippen MR) is 128 cm³/mol. The molecule has 3 heterocycles. The Bertz CT molecular complexity index is 1060. The molecule has 1 fully saturated rings. The van der Waals surface area contributed by atoms with Crippen molar-refractivity contribution >= 4 is 39.3 Å². The molecule has 2 aromatic carbocycles. The van der Waals surface area contributed by atoms with Gasteiger partial charge in [0.15, 0.2) is 0 Å². The van der Waals surface area contributed by atoms with Crippen LogP contribution in [0.25, 0.3) is 0 Å². The smallest absolute Gasteiger partial charge is 0.125 e. The maximum absolute atomic E-state index is 14.0. The summed E-state index contributed by atoms with van der Waals surface area (Å²) >= 11 is 7.87. The SMILES string of the molecule is CCc1cc2c(s1)N(N1CCN(Cc3ccc(Cl)cc3)CC1)c1ccc(F)cc1NC2. The van der Waals surface area contributed by atoms with Gasteiger partial charge in [0.05, 0.1) is 11.4 Å². The summed E-state index contributed by atoms with van der Waals surface area (Å²) in [5, 5.41) is 10.2. The Balaban J connectivity index is 1.39. The normalized spacial score (nSPS) is 17.1. The number of nitrogens with zero attached hydrogens (tertiary/aromatic N) is 3. The van der Waals surface area contributed by atoms with Gasteiger partial charge in [-0.25, -0.2) is 9.40 Å². The van der Waals surface area contributed by atoms with Gasteiger partial charge in [-0.1, -0.05) is 30.7 Å². The predicted octanol–water partition coefficient (Wildman–Crippen LogP) is 5.90. The molecule has 7 heteroatoms. The van der Waals surface area contributed by atoms with E-state index in [2.05, 4.69) is 45.4 Å². The summed E-state index contributed by atoms with van der Waals surface area (Å²) in [6.07, 6.45) is 1.02. The molecule has 3 aromatic rings. The van der Waals surface area contributed by atoms with Crippen molar-refractivity contribution in [2.75, 3.05) is 36.5 Å². The van der Waals surface area contributed by atoms with Crippen LogP contribution in [0.4, 0.5) is 20.8 Å². The van der Waals surface area contributed by atoms with Crippen LogP contribution in [-0.2, 0) is 19.5 Å². The number of rotatable bonds is 4. The quantitative estimate of drug-likeness (QED) is 0.527. The minimum atomic E-state index is -0.210. The maximum atomic E-state index is 14.0.